The summed E-state index contributed by atoms with van der Waals surface area (Å²) in [4.78, 5) is 24.6. The van der Waals surface area contributed by atoms with Gasteiger partial charge in [0.1, 0.15) is 6.04 Å². The third-order valence-corrected chi connectivity index (χ3v) is 7.74. The van der Waals surface area contributed by atoms with Crippen molar-refractivity contribution in [2.45, 2.75) is 17.2 Å². The molecule has 0 radical (unpaired) electrons. The molecule has 4 N–H and O–H groups in total. The van der Waals surface area contributed by atoms with Crippen molar-refractivity contribution in [2.24, 2.45) is 0 Å². The number of hydrogen-bond donors (Lipinski definition) is 4. The lowest BCUT2D eigenvalue weighted by Gasteiger charge is -2.44. The van der Waals surface area contributed by atoms with E-state index in [9.17, 15) is 18.0 Å². The molecule has 2 rings (SSSR count). The van der Waals surface area contributed by atoms with Crippen molar-refractivity contribution in [3.05, 3.63) is 35.4 Å². The van der Waals surface area contributed by atoms with Gasteiger partial charge in [-0.25, -0.2) is 13.9 Å². The smallest absolute Gasteiger partial charge is 0.267 e. The highest BCUT2D eigenvalue weighted by molar-refractivity contribution is 8.04. The van der Waals surface area contributed by atoms with Crippen LogP contribution in [0.25, 0.3) is 0 Å². The molecule has 1 atom stereocenters. The summed E-state index contributed by atoms with van der Waals surface area (Å²) >= 11 is 1.16. The highest BCUT2D eigenvalue weighted by Gasteiger charge is 2.56. The molecule has 0 aromatic heterocycles. The van der Waals surface area contributed by atoms with Crippen LogP contribution in [-0.2, 0) is 14.6 Å². The molecule has 0 spiro atoms. The van der Waals surface area contributed by atoms with Crippen LogP contribution in [0.15, 0.2) is 24.3 Å². The largest absolute Gasteiger partial charge is 0.395 e. The fraction of sp³-hybridized carbons (Fsp3) is 0.412. The van der Waals surface area contributed by atoms with E-state index in [1.165, 1.54) is 17.6 Å². The van der Waals surface area contributed by atoms with Gasteiger partial charge in [0.2, 0.25) is 0 Å². The van der Waals surface area contributed by atoms with E-state index in [4.69, 9.17) is 10.3 Å². The van der Waals surface area contributed by atoms with Crippen molar-refractivity contribution in [2.75, 3.05) is 24.4 Å². The predicted octanol–water partition coefficient (Wildman–Crippen LogP) is -0.445. The molecule has 1 unspecified atom stereocenters. The summed E-state index contributed by atoms with van der Waals surface area (Å²) in [6.07, 6.45) is 2.00. The second-order valence-electron chi connectivity index (χ2n) is 6.04. The van der Waals surface area contributed by atoms with E-state index in [1.54, 1.807) is 18.4 Å². The van der Waals surface area contributed by atoms with Gasteiger partial charge in [-0.3, -0.25) is 14.8 Å². The van der Waals surface area contributed by atoms with Crippen molar-refractivity contribution in [1.29, 1.82) is 0 Å². The molecule has 10 heteroatoms. The van der Waals surface area contributed by atoms with Crippen LogP contribution < -0.4 is 10.8 Å². The van der Waals surface area contributed by atoms with E-state index in [-0.39, 0.29) is 23.7 Å². The number of aliphatic hydroxyl groups is 1. The number of hydroxylamine groups is 1. The van der Waals surface area contributed by atoms with Gasteiger partial charge in [0.05, 0.1) is 22.9 Å². The Hall–Kier alpha value is -2.06. The Morgan fingerprint density at radius 2 is 1.93 bits per heavy atom. The van der Waals surface area contributed by atoms with Gasteiger partial charge in [-0.2, -0.15) is 11.8 Å². The molecular weight excluding hydrogens is 392 g/mol. The van der Waals surface area contributed by atoms with E-state index in [2.05, 4.69) is 17.2 Å². The van der Waals surface area contributed by atoms with E-state index < -0.39 is 32.4 Å². The zero-order valence-corrected chi connectivity index (χ0v) is 16.2. The Morgan fingerprint density at radius 3 is 2.41 bits per heavy atom. The number of benzene rings is 1. The van der Waals surface area contributed by atoms with Crippen LogP contribution in [0.3, 0.4) is 0 Å². The first kappa shape index (κ1) is 21.2. The molecule has 1 aliphatic heterocycles. The average molecular weight is 412 g/mol. The highest BCUT2D eigenvalue weighted by atomic mass is 32.2. The molecule has 1 fully saturated rings. The monoisotopic (exact) mass is 412 g/mol. The molecule has 27 heavy (non-hydrogen) atoms. The summed E-state index contributed by atoms with van der Waals surface area (Å²) in [6.45, 7) is -0.0330. The number of rotatable bonds is 6. The molecule has 1 heterocycles. The van der Waals surface area contributed by atoms with Gasteiger partial charge >= 0.3 is 0 Å². The molecule has 1 aromatic carbocycles. The number of thioether (sulfide) groups is 1. The fourth-order valence-corrected chi connectivity index (χ4v) is 6.90. The van der Waals surface area contributed by atoms with Crippen LogP contribution in [-0.4, -0.2) is 65.7 Å². The van der Waals surface area contributed by atoms with Crippen LogP contribution >= 0.6 is 11.8 Å². The maximum Gasteiger partial charge on any atom is 0.267 e. The van der Waals surface area contributed by atoms with Gasteiger partial charge in [0.15, 0.2) is 9.84 Å². The Kier molecular flexibility index (Phi) is 6.89. The Labute approximate surface area is 161 Å². The second kappa shape index (κ2) is 8.75. The maximum atomic E-state index is 12.5. The molecule has 8 nitrogen and oxygen atoms in total. The molecule has 1 saturated heterocycles. The van der Waals surface area contributed by atoms with Gasteiger partial charge in [-0.15, -0.1) is 0 Å². The first-order chi connectivity index (χ1) is 12.8. The summed E-state index contributed by atoms with van der Waals surface area (Å²) in [7, 11) is -3.27. The van der Waals surface area contributed by atoms with Gasteiger partial charge in [0.25, 0.3) is 11.8 Å². The number of aliphatic hydroxyl groups excluding tert-OH is 1. The predicted molar refractivity (Wildman–Crippen MR) is 101 cm³/mol. The van der Waals surface area contributed by atoms with Crippen LogP contribution in [0.1, 0.15) is 22.3 Å². The van der Waals surface area contributed by atoms with E-state index >= 15 is 0 Å². The normalized spacial score (nSPS) is 17.6. The maximum absolute atomic E-state index is 12.5. The molecule has 0 aliphatic carbocycles. The standard InChI is InChI=1S/C17H20N2O6S2/c1-26-17(10-27(24,25)11-17)14(16(22)19-23)18-15(21)13-7-5-12(6-8-13)4-2-3-9-20/h5-8,14,20,23H,3,9-11H2,1H3,(H,18,21)(H,19,22). The van der Waals surface area contributed by atoms with E-state index in [1.807, 2.05) is 0 Å². The van der Waals surface area contributed by atoms with Crippen molar-refractivity contribution in [3.8, 4) is 11.8 Å². The Bertz CT molecular complexity index is 859. The van der Waals surface area contributed by atoms with Crippen molar-refractivity contribution in [3.63, 3.8) is 0 Å². The summed E-state index contributed by atoms with van der Waals surface area (Å²) in [5.41, 5.74) is 2.42. The number of carbonyl (C=O) groups is 2. The molecule has 146 valence electrons. The lowest BCUT2D eigenvalue weighted by molar-refractivity contribution is -0.131. The minimum Gasteiger partial charge on any atom is -0.395 e. The minimum absolute atomic E-state index is 0.0330. The zero-order valence-electron chi connectivity index (χ0n) is 14.6. The SMILES string of the molecule is CSC1(C(NC(=O)c2ccc(C#CCCO)cc2)C(=O)NO)CS(=O)(=O)C1. The topological polar surface area (TPSA) is 133 Å². The quantitative estimate of drug-likeness (QED) is 0.283. The lowest BCUT2D eigenvalue weighted by atomic mass is 10.00. The third-order valence-electron chi connectivity index (χ3n) is 4.13. The van der Waals surface area contributed by atoms with Crippen LogP contribution in [0, 0.1) is 11.8 Å². The first-order valence-corrected chi connectivity index (χ1v) is 11.0. The van der Waals surface area contributed by atoms with E-state index in [0.29, 0.717) is 12.0 Å². The Balaban J connectivity index is 2.17. The van der Waals surface area contributed by atoms with Crippen molar-refractivity contribution >= 4 is 33.4 Å². The van der Waals surface area contributed by atoms with Gasteiger partial charge < -0.3 is 10.4 Å². The van der Waals surface area contributed by atoms with Crippen molar-refractivity contribution in [1.82, 2.24) is 10.8 Å². The average Bonchev–Trinajstić information content (AvgIpc) is 2.63. The number of sulfone groups is 1. The van der Waals surface area contributed by atoms with Crippen molar-refractivity contribution < 1.29 is 28.3 Å². The summed E-state index contributed by atoms with van der Waals surface area (Å²) < 4.78 is 22.2. The molecular formula is C17H20N2O6S2. The highest BCUT2D eigenvalue weighted by Crippen LogP contribution is 2.39. The number of carbonyl (C=O) groups excluding carboxylic acids is 2. The zero-order chi connectivity index (χ0) is 20.1. The number of amides is 2. The van der Waals surface area contributed by atoms with Gasteiger partial charge in [0, 0.05) is 17.5 Å². The summed E-state index contributed by atoms with van der Waals surface area (Å²) in [6, 6.07) is 5.08. The van der Waals surface area contributed by atoms with Crippen LogP contribution in [0.2, 0.25) is 0 Å². The van der Waals surface area contributed by atoms with Crippen LogP contribution in [0.4, 0.5) is 0 Å². The minimum atomic E-state index is -3.27. The summed E-state index contributed by atoms with van der Waals surface area (Å²) in [5.74, 6) is 3.62. The molecule has 1 aromatic rings. The summed E-state index contributed by atoms with van der Waals surface area (Å²) in [5, 5.41) is 20.2. The number of nitrogens with one attached hydrogen (secondary N) is 2. The van der Waals surface area contributed by atoms with E-state index in [0.717, 1.165) is 11.8 Å². The Morgan fingerprint density at radius 1 is 1.30 bits per heavy atom. The van der Waals surface area contributed by atoms with Crippen LogP contribution in [0.5, 0.6) is 0 Å². The third kappa shape index (κ3) is 5.01. The van der Waals surface area contributed by atoms with Gasteiger partial charge in [-0.1, -0.05) is 11.8 Å². The first-order valence-electron chi connectivity index (χ1n) is 7.97. The molecule has 0 saturated carbocycles. The molecule has 2 amide bonds. The number of hydrogen-bond acceptors (Lipinski definition) is 7. The van der Waals surface area contributed by atoms with Gasteiger partial charge in [-0.05, 0) is 30.5 Å². The second-order valence-corrected chi connectivity index (χ2v) is 9.32. The lowest BCUT2D eigenvalue weighted by Crippen LogP contribution is -2.68. The molecule has 1 aliphatic rings. The molecule has 0 bridgehead atoms. The fourth-order valence-electron chi connectivity index (χ4n) is 2.74.